The Bertz CT molecular complexity index is 349. The molecule has 0 saturated heterocycles. The summed E-state index contributed by atoms with van der Waals surface area (Å²) in [6, 6.07) is 5.72. The number of hydrogen-bond acceptors (Lipinski definition) is 2. The number of nitrogens with two attached hydrogens (primary N) is 1. The van der Waals surface area contributed by atoms with Crippen LogP contribution in [0.4, 0.5) is 5.69 Å². The van der Waals surface area contributed by atoms with E-state index in [1.807, 2.05) is 25.2 Å². The molecule has 0 aliphatic carbocycles. The van der Waals surface area contributed by atoms with Crippen LogP contribution in [0.15, 0.2) is 22.7 Å². The van der Waals surface area contributed by atoms with Crippen LogP contribution in [-0.2, 0) is 0 Å². The molecule has 76 valence electrons. The summed E-state index contributed by atoms with van der Waals surface area (Å²) in [7, 11) is 1.98. The number of anilines is 1. The Morgan fingerprint density at radius 1 is 1.57 bits per heavy atom. The summed E-state index contributed by atoms with van der Waals surface area (Å²) in [6.07, 6.45) is 0. The van der Waals surface area contributed by atoms with Gasteiger partial charge in [0.1, 0.15) is 5.84 Å². The van der Waals surface area contributed by atoms with E-state index in [2.05, 4.69) is 27.8 Å². The molecule has 1 aromatic rings. The molecule has 1 aromatic carbocycles. The van der Waals surface area contributed by atoms with Crippen molar-refractivity contribution in [1.82, 2.24) is 0 Å². The van der Waals surface area contributed by atoms with Crippen molar-refractivity contribution in [2.75, 3.05) is 18.5 Å². The van der Waals surface area contributed by atoms with Gasteiger partial charge in [0, 0.05) is 29.3 Å². The van der Waals surface area contributed by atoms with Gasteiger partial charge in [-0.3, -0.25) is 5.41 Å². The summed E-state index contributed by atoms with van der Waals surface area (Å²) in [4.78, 5) is 2.06. The fraction of sp³-hybridized carbons (Fsp3) is 0.300. The van der Waals surface area contributed by atoms with E-state index >= 15 is 0 Å². The maximum atomic E-state index is 7.45. The van der Waals surface area contributed by atoms with Gasteiger partial charge in [-0.05, 0) is 25.1 Å². The average molecular weight is 256 g/mol. The Labute approximate surface area is 92.5 Å². The minimum Gasteiger partial charge on any atom is -0.384 e. The Morgan fingerprint density at radius 3 is 2.71 bits per heavy atom. The lowest BCUT2D eigenvalue weighted by Crippen LogP contribution is -2.21. The SMILES string of the molecule is CCN(C)c1cc(Br)ccc1C(=N)N. The summed E-state index contributed by atoms with van der Waals surface area (Å²) >= 11 is 3.40. The zero-order chi connectivity index (χ0) is 10.7. The van der Waals surface area contributed by atoms with E-state index in [-0.39, 0.29) is 5.84 Å². The molecule has 0 fully saturated rings. The second-order valence-corrected chi connectivity index (χ2v) is 4.00. The molecule has 4 heteroatoms. The molecule has 0 radical (unpaired) electrons. The topological polar surface area (TPSA) is 53.1 Å². The Hall–Kier alpha value is -1.03. The van der Waals surface area contributed by atoms with E-state index in [9.17, 15) is 0 Å². The Kier molecular flexibility index (Phi) is 3.52. The first-order valence-electron chi connectivity index (χ1n) is 4.41. The molecule has 0 unspecified atom stereocenters. The quantitative estimate of drug-likeness (QED) is 0.643. The molecule has 0 spiro atoms. The predicted octanol–water partition coefficient (Wildman–Crippen LogP) is 2.19. The van der Waals surface area contributed by atoms with Crippen LogP contribution in [0.2, 0.25) is 0 Å². The van der Waals surface area contributed by atoms with Gasteiger partial charge in [-0.15, -0.1) is 0 Å². The van der Waals surface area contributed by atoms with Gasteiger partial charge in [-0.25, -0.2) is 0 Å². The lowest BCUT2D eigenvalue weighted by Gasteiger charge is -2.20. The van der Waals surface area contributed by atoms with Crippen molar-refractivity contribution in [3.05, 3.63) is 28.2 Å². The third-order valence-electron chi connectivity index (χ3n) is 2.14. The van der Waals surface area contributed by atoms with Crippen molar-refractivity contribution >= 4 is 27.5 Å². The number of hydrogen-bond donors (Lipinski definition) is 2. The first-order valence-corrected chi connectivity index (χ1v) is 5.20. The molecule has 0 saturated carbocycles. The highest BCUT2D eigenvalue weighted by Gasteiger charge is 2.08. The third kappa shape index (κ3) is 2.26. The van der Waals surface area contributed by atoms with Gasteiger partial charge in [-0.2, -0.15) is 0 Å². The van der Waals surface area contributed by atoms with Crippen molar-refractivity contribution in [3.63, 3.8) is 0 Å². The fourth-order valence-electron chi connectivity index (χ4n) is 1.22. The van der Waals surface area contributed by atoms with E-state index < -0.39 is 0 Å². The molecular weight excluding hydrogens is 242 g/mol. The Morgan fingerprint density at radius 2 is 2.21 bits per heavy atom. The predicted molar refractivity (Wildman–Crippen MR) is 64.1 cm³/mol. The standard InChI is InChI=1S/C10H14BrN3/c1-3-14(2)9-6-7(11)4-5-8(9)10(12)13/h4-6H,3H2,1-2H3,(H3,12,13). The summed E-state index contributed by atoms with van der Waals surface area (Å²) in [5.41, 5.74) is 7.25. The van der Waals surface area contributed by atoms with Crippen LogP contribution in [0.25, 0.3) is 0 Å². The molecule has 0 atom stereocenters. The second kappa shape index (κ2) is 4.46. The first kappa shape index (κ1) is 11.0. The number of nitrogens with zero attached hydrogens (tertiary/aromatic N) is 1. The van der Waals surface area contributed by atoms with Gasteiger partial charge in [-0.1, -0.05) is 15.9 Å². The van der Waals surface area contributed by atoms with E-state index in [4.69, 9.17) is 11.1 Å². The molecule has 14 heavy (non-hydrogen) atoms. The van der Waals surface area contributed by atoms with Gasteiger partial charge in [0.25, 0.3) is 0 Å². The minimum atomic E-state index is 0.104. The van der Waals surface area contributed by atoms with E-state index in [0.29, 0.717) is 0 Å². The van der Waals surface area contributed by atoms with Crippen LogP contribution < -0.4 is 10.6 Å². The summed E-state index contributed by atoms with van der Waals surface area (Å²) < 4.78 is 0.998. The first-order chi connectivity index (χ1) is 6.56. The summed E-state index contributed by atoms with van der Waals surface area (Å²) in [6.45, 7) is 2.95. The zero-order valence-electron chi connectivity index (χ0n) is 8.34. The molecule has 0 amide bonds. The lowest BCUT2D eigenvalue weighted by molar-refractivity contribution is 0.965. The molecule has 3 N–H and O–H groups in total. The average Bonchev–Trinajstić information content (AvgIpc) is 2.16. The Balaban J connectivity index is 3.22. The van der Waals surface area contributed by atoms with Crippen molar-refractivity contribution in [2.24, 2.45) is 5.73 Å². The molecule has 0 aliphatic heterocycles. The number of nitrogens with one attached hydrogen (secondary N) is 1. The normalized spacial score (nSPS) is 9.93. The lowest BCUT2D eigenvalue weighted by atomic mass is 10.1. The molecular formula is C10H14BrN3. The van der Waals surface area contributed by atoms with Crippen LogP contribution in [-0.4, -0.2) is 19.4 Å². The van der Waals surface area contributed by atoms with Crippen LogP contribution >= 0.6 is 15.9 Å². The summed E-state index contributed by atoms with van der Waals surface area (Å²) in [5.74, 6) is 0.104. The molecule has 0 aliphatic rings. The van der Waals surface area contributed by atoms with Crippen molar-refractivity contribution in [2.45, 2.75) is 6.92 Å². The van der Waals surface area contributed by atoms with E-state index in [1.54, 1.807) is 0 Å². The highest BCUT2D eigenvalue weighted by molar-refractivity contribution is 9.10. The van der Waals surface area contributed by atoms with E-state index in [0.717, 1.165) is 22.3 Å². The molecule has 3 nitrogen and oxygen atoms in total. The number of nitrogen functional groups attached to an aromatic ring is 1. The van der Waals surface area contributed by atoms with Gasteiger partial charge < -0.3 is 10.6 Å². The van der Waals surface area contributed by atoms with Gasteiger partial charge in [0.15, 0.2) is 0 Å². The number of amidine groups is 1. The van der Waals surface area contributed by atoms with Gasteiger partial charge >= 0.3 is 0 Å². The summed E-state index contributed by atoms with van der Waals surface area (Å²) in [5, 5.41) is 7.45. The number of halogens is 1. The highest BCUT2D eigenvalue weighted by atomic mass is 79.9. The molecule has 0 heterocycles. The van der Waals surface area contributed by atoms with Crippen molar-refractivity contribution in [3.8, 4) is 0 Å². The fourth-order valence-corrected chi connectivity index (χ4v) is 1.57. The molecule has 0 aromatic heterocycles. The monoisotopic (exact) mass is 255 g/mol. The van der Waals surface area contributed by atoms with Crippen LogP contribution in [0.3, 0.4) is 0 Å². The number of rotatable bonds is 3. The van der Waals surface area contributed by atoms with Crippen LogP contribution in [0.1, 0.15) is 12.5 Å². The smallest absolute Gasteiger partial charge is 0.124 e. The maximum Gasteiger partial charge on any atom is 0.124 e. The van der Waals surface area contributed by atoms with Crippen LogP contribution in [0.5, 0.6) is 0 Å². The zero-order valence-corrected chi connectivity index (χ0v) is 9.93. The van der Waals surface area contributed by atoms with Gasteiger partial charge in [0.2, 0.25) is 0 Å². The highest BCUT2D eigenvalue weighted by Crippen LogP contribution is 2.23. The van der Waals surface area contributed by atoms with Gasteiger partial charge in [0.05, 0.1) is 0 Å². The largest absolute Gasteiger partial charge is 0.384 e. The number of benzene rings is 1. The second-order valence-electron chi connectivity index (χ2n) is 3.09. The van der Waals surface area contributed by atoms with Crippen molar-refractivity contribution in [1.29, 1.82) is 5.41 Å². The van der Waals surface area contributed by atoms with Crippen LogP contribution in [0, 0.1) is 5.41 Å². The van der Waals surface area contributed by atoms with E-state index in [1.165, 1.54) is 0 Å². The minimum absolute atomic E-state index is 0.104. The van der Waals surface area contributed by atoms with Crippen molar-refractivity contribution < 1.29 is 0 Å². The molecule has 1 rings (SSSR count). The molecule has 0 bridgehead atoms. The maximum absolute atomic E-state index is 7.45. The third-order valence-corrected chi connectivity index (χ3v) is 2.63.